The zero-order valence-corrected chi connectivity index (χ0v) is 11.4. The topological polar surface area (TPSA) is 68.3 Å². The molecule has 1 aliphatic heterocycles. The van der Waals surface area contributed by atoms with Crippen LogP contribution in [0.2, 0.25) is 0 Å². The number of methoxy groups -OCH3 is 2. The number of hydrogen-bond donors (Lipinski definition) is 2. The van der Waals surface area contributed by atoms with E-state index in [4.69, 9.17) is 9.47 Å². The SMILES string of the molecule is COc1cccc(Nc2nc3c(c(OC)n2)CNC3)c1. The predicted octanol–water partition coefficient (Wildman–Crippen LogP) is 1.84. The molecule has 1 aliphatic rings. The van der Waals surface area contributed by atoms with Crippen LogP contribution in [0.4, 0.5) is 11.6 Å². The van der Waals surface area contributed by atoms with E-state index in [1.807, 2.05) is 24.3 Å². The second kappa shape index (κ2) is 5.34. The third-order valence-corrected chi connectivity index (χ3v) is 3.17. The standard InChI is InChI=1S/C14H16N4O2/c1-19-10-5-3-4-9(6-10)16-14-17-12-8-15-7-11(12)13(18-14)20-2/h3-6,15H,7-8H2,1-2H3,(H,16,17,18). The van der Waals surface area contributed by atoms with Crippen LogP contribution in [0.15, 0.2) is 24.3 Å². The van der Waals surface area contributed by atoms with Crippen LogP contribution in [0, 0.1) is 0 Å². The van der Waals surface area contributed by atoms with Gasteiger partial charge in [0.1, 0.15) is 5.75 Å². The summed E-state index contributed by atoms with van der Waals surface area (Å²) in [5.41, 5.74) is 2.88. The van der Waals surface area contributed by atoms with Gasteiger partial charge in [0, 0.05) is 24.8 Å². The third-order valence-electron chi connectivity index (χ3n) is 3.17. The Labute approximate surface area is 117 Å². The fraction of sp³-hybridized carbons (Fsp3) is 0.286. The average Bonchev–Trinajstić information content (AvgIpc) is 2.95. The average molecular weight is 272 g/mol. The number of nitrogens with zero attached hydrogens (tertiary/aromatic N) is 2. The maximum absolute atomic E-state index is 5.32. The number of hydrogen-bond acceptors (Lipinski definition) is 6. The van der Waals surface area contributed by atoms with Crippen molar-refractivity contribution in [3.8, 4) is 11.6 Å². The zero-order chi connectivity index (χ0) is 13.9. The van der Waals surface area contributed by atoms with Crippen molar-refractivity contribution in [1.29, 1.82) is 0 Å². The Morgan fingerprint density at radius 1 is 1.15 bits per heavy atom. The molecule has 0 aliphatic carbocycles. The molecule has 0 saturated carbocycles. The highest BCUT2D eigenvalue weighted by Crippen LogP contribution is 2.26. The van der Waals surface area contributed by atoms with Crippen LogP contribution in [0.1, 0.15) is 11.3 Å². The summed E-state index contributed by atoms with van der Waals surface area (Å²) in [5.74, 6) is 1.92. The Bertz CT molecular complexity index is 631. The summed E-state index contributed by atoms with van der Waals surface area (Å²) in [6.07, 6.45) is 0. The normalized spacial score (nSPS) is 12.9. The van der Waals surface area contributed by atoms with Crippen molar-refractivity contribution in [2.75, 3.05) is 19.5 Å². The van der Waals surface area contributed by atoms with Gasteiger partial charge in [0.25, 0.3) is 0 Å². The first kappa shape index (κ1) is 12.7. The molecule has 1 aromatic heterocycles. The molecule has 3 rings (SSSR count). The van der Waals surface area contributed by atoms with E-state index in [2.05, 4.69) is 20.6 Å². The van der Waals surface area contributed by atoms with Crippen molar-refractivity contribution in [2.24, 2.45) is 0 Å². The van der Waals surface area contributed by atoms with Crippen molar-refractivity contribution < 1.29 is 9.47 Å². The molecule has 20 heavy (non-hydrogen) atoms. The minimum Gasteiger partial charge on any atom is -0.497 e. The molecule has 0 atom stereocenters. The van der Waals surface area contributed by atoms with Gasteiger partial charge in [-0.3, -0.25) is 0 Å². The second-order valence-corrected chi connectivity index (χ2v) is 4.44. The molecule has 0 bridgehead atoms. The molecule has 0 saturated heterocycles. The highest BCUT2D eigenvalue weighted by Gasteiger charge is 2.19. The number of benzene rings is 1. The van der Waals surface area contributed by atoms with E-state index in [1.165, 1.54) is 0 Å². The Morgan fingerprint density at radius 3 is 2.85 bits per heavy atom. The maximum atomic E-state index is 5.32. The van der Waals surface area contributed by atoms with Gasteiger partial charge in [-0.1, -0.05) is 6.07 Å². The lowest BCUT2D eigenvalue weighted by molar-refractivity contribution is 0.392. The smallest absolute Gasteiger partial charge is 0.230 e. The lowest BCUT2D eigenvalue weighted by atomic mass is 10.2. The summed E-state index contributed by atoms with van der Waals surface area (Å²) >= 11 is 0. The van der Waals surface area contributed by atoms with Crippen LogP contribution >= 0.6 is 0 Å². The third kappa shape index (κ3) is 2.37. The van der Waals surface area contributed by atoms with Gasteiger partial charge in [0.05, 0.1) is 25.5 Å². The van der Waals surface area contributed by atoms with E-state index < -0.39 is 0 Å². The van der Waals surface area contributed by atoms with Crippen LogP contribution in [-0.4, -0.2) is 24.2 Å². The lowest BCUT2D eigenvalue weighted by Gasteiger charge is -2.10. The van der Waals surface area contributed by atoms with Gasteiger partial charge in [0.15, 0.2) is 0 Å². The monoisotopic (exact) mass is 272 g/mol. The molecule has 104 valence electrons. The molecular weight excluding hydrogens is 256 g/mol. The first-order chi connectivity index (χ1) is 9.80. The zero-order valence-electron chi connectivity index (χ0n) is 11.4. The lowest BCUT2D eigenvalue weighted by Crippen LogP contribution is -2.04. The van der Waals surface area contributed by atoms with Crippen LogP contribution < -0.4 is 20.1 Å². The number of ether oxygens (including phenoxy) is 2. The molecular formula is C14H16N4O2. The van der Waals surface area contributed by atoms with Crippen molar-refractivity contribution in [3.63, 3.8) is 0 Å². The van der Waals surface area contributed by atoms with Crippen LogP contribution in [-0.2, 0) is 13.1 Å². The molecule has 0 amide bonds. The minimum atomic E-state index is 0.526. The molecule has 0 unspecified atom stereocenters. The predicted molar refractivity (Wildman–Crippen MR) is 75.4 cm³/mol. The van der Waals surface area contributed by atoms with E-state index >= 15 is 0 Å². The van der Waals surface area contributed by atoms with Crippen molar-refractivity contribution in [2.45, 2.75) is 13.1 Å². The summed E-state index contributed by atoms with van der Waals surface area (Å²) in [4.78, 5) is 8.90. The van der Waals surface area contributed by atoms with E-state index in [0.29, 0.717) is 11.8 Å². The van der Waals surface area contributed by atoms with Gasteiger partial charge in [-0.25, -0.2) is 4.98 Å². The number of anilines is 2. The Morgan fingerprint density at radius 2 is 2.05 bits per heavy atom. The van der Waals surface area contributed by atoms with E-state index in [1.54, 1.807) is 14.2 Å². The fourth-order valence-electron chi connectivity index (χ4n) is 2.19. The van der Waals surface area contributed by atoms with E-state index in [-0.39, 0.29) is 0 Å². The van der Waals surface area contributed by atoms with E-state index in [0.717, 1.165) is 35.8 Å². The molecule has 2 aromatic rings. The largest absolute Gasteiger partial charge is 0.497 e. The molecule has 0 fully saturated rings. The number of rotatable bonds is 4. The molecule has 2 heterocycles. The van der Waals surface area contributed by atoms with Gasteiger partial charge in [-0.15, -0.1) is 0 Å². The molecule has 6 nitrogen and oxygen atoms in total. The highest BCUT2D eigenvalue weighted by molar-refractivity contribution is 5.57. The summed E-state index contributed by atoms with van der Waals surface area (Å²) in [7, 11) is 3.26. The summed E-state index contributed by atoms with van der Waals surface area (Å²) < 4.78 is 10.5. The molecule has 0 radical (unpaired) electrons. The van der Waals surface area contributed by atoms with Gasteiger partial charge in [0.2, 0.25) is 11.8 Å². The molecule has 2 N–H and O–H groups in total. The summed E-state index contributed by atoms with van der Waals surface area (Å²) in [6.45, 7) is 1.49. The summed E-state index contributed by atoms with van der Waals surface area (Å²) in [5, 5.41) is 6.41. The number of aromatic nitrogens is 2. The van der Waals surface area contributed by atoms with Crippen LogP contribution in [0.3, 0.4) is 0 Å². The maximum Gasteiger partial charge on any atom is 0.230 e. The minimum absolute atomic E-state index is 0.526. The highest BCUT2D eigenvalue weighted by atomic mass is 16.5. The van der Waals surface area contributed by atoms with Crippen molar-refractivity contribution in [1.82, 2.24) is 15.3 Å². The fourth-order valence-corrected chi connectivity index (χ4v) is 2.19. The van der Waals surface area contributed by atoms with Crippen molar-refractivity contribution >= 4 is 11.6 Å². The van der Waals surface area contributed by atoms with Gasteiger partial charge >= 0.3 is 0 Å². The van der Waals surface area contributed by atoms with Gasteiger partial charge in [-0.2, -0.15) is 4.98 Å². The molecule has 1 aromatic carbocycles. The Balaban J connectivity index is 1.90. The Kier molecular flexibility index (Phi) is 3.39. The van der Waals surface area contributed by atoms with Crippen LogP contribution in [0.25, 0.3) is 0 Å². The van der Waals surface area contributed by atoms with Gasteiger partial charge in [-0.05, 0) is 12.1 Å². The first-order valence-electron chi connectivity index (χ1n) is 6.35. The quantitative estimate of drug-likeness (QED) is 0.885. The Hall–Kier alpha value is -2.34. The summed E-state index contributed by atoms with van der Waals surface area (Å²) in [6, 6.07) is 7.62. The molecule has 6 heteroatoms. The number of fused-ring (bicyclic) bond motifs is 1. The van der Waals surface area contributed by atoms with Gasteiger partial charge < -0.3 is 20.1 Å². The van der Waals surface area contributed by atoms with Crippen molar-refractivity contribution in [3.05, 3.63) is 35.5 Å². The van der Waals surface area contributed by atoms with E-state index in [9.17, 15) is 0 Å². The molecule has 0 spiro atoms. The first-order valence-corrected chi connectivity index (χ1v) is 6.35. The second-order valence-electron chi connectivity index (χ2n) is 4.44. The van der Waals surface area contributed by atoms with Crippen LogP contribution in [0.5, 0.6) is 11.6 Å². The number of nitrogens with one attached hydrogen (secondary N) is 2.